The fraction of sp³-hybridized carbons (Fsp3) is 0.0357. The Hall–Kier alpha value is -3.60. The average molecular weight is 628 g/mol. The summed E-state index contributed by atoms with van der Waals surface area (Å²) in [6.45, 7) is 1.92. The van der Waals surface area contributed by atoms with Crippen molar-refractivity contribution in [1.82, 2.24) is 15.0 Å². The zero-order valence-electron chi connectivity index (χ0n) is 18.2. The first-order chi connectivity index (χ1) is 16.1. The van der Waals surface area contributed by atoms with Crippen molar-refractivity contribution in [3.63, 3.8) is 0 Å². The minimum absolute atomic E-state index is 0. The van der Waals surface area contributed by atoms with E-state index < -0.39 is 11.6 Å². The Bertz CT molecular complexity index is 1270. The number of aryl methyl sites for hydroxylation is 1. The van der Waals surface area contributed by atoms with Crippen LogP contribution in [0.15, 0.2) is 97.6 Å². The number of hydrogen-bond acceptors (Lipinski definition) is 3. The standard InChI is InChI=1S/C17H11F2N2.C11H8N.Ir/c1-11-5-17(13-6-14(18)8-15(19)7-13)21-10-16(11)12-3-2-4-20-9-12;1-2-6-10(7-3-1)11-8-4-5-9-12-11;/h2-6,8-10H,1H3;1-6,8-9H;/q2*-1;. The minimum atomic E-state index is -0.735. The van der Waals surface area contributed by atoms with Gasteiger partial charge in [-0.25, -0.2) is 8.78 Å². The van der Waals surface area contributed by atoms with Gasteiger partial charge in [0.25, 0.3) is 0 Å². The molecule has 0 N–H and O–H groups in total. The van der Waals surface area contributed by atoms with Gasteiger partial charge >= 0.3 is 0 Å². The van der Waals surface area contributed by atoms with Gasteiger partial charge < -0.3 is 9.97 Å². The van der Waals surface area contributed by atoms with Crippen LogP contribution in [0.5, 0.6) is 0 Å². The second-order valence-corrected chi connectivity index (χ2v) is 7.18. The first-order valence-corrected chi connectivity index (χ1v) is 10.2. The van der Waals surface area contributed by atoms with Crippen LogP contribution in [0.2, 0.25) is 0 Å². The van der Waals surface area contributed by atoms with Gasteiger partial charge in [-0.3, -0.25) is 4.98 Å². The molecule has 0 bridgehead atoms. The predicted octanol–water partition coefficient (Wildman–Crippen LogP) is 6.74. The molecule has 0 fully saturated rings. The zero-order valence-corrected chi connectivity index (χ0v) is 20.6. The van der Waals surface area contributed by atoms with Crippen LogP contribution in [0.25, 0.3) is 33.6 Å². The van der Waals surface area contributed by atoms with E-state index in [0.717, 1.165) is 34.0 Å². The number of hydrogen-bond donors (Lipinski definition) is 0. The van der Waals surface area contributed by atoms with Crippen LogP contribution in [-0.4, -0.2) is 15.0 Å². The molecule has 3 nitrogen and oxygen atoms in total. The Kier molecular flexibility index (Phi) is 8.86. The molecule has 0 amide bonds. The predicted molar refractivity (Wildman–Crippen MR) is 125 cm³/mol. The second-order valence-electron chi connectivity index (χ2n) is 7.18. The Morgan fingerprint density at radius 3 is 2.26 bits per heavy atom. The maximum atomic E-state index is 13.3. The van der Waals surface area contributed by atoms with E-state index in [1.54, 1.807) is 30.9 Å². The fourth-order valence-electron chi connectivity index (χ4n) is 3.24. The van der Waals surface area contributed by atoms with Crippen molar-refractivity contribution in [2.45, 2.75) is 6.92 Å². The molecular formula is C28H19F2IrN3-2. The number of halogens is 2. The van der Waals surface area contributed by atoms with Gasteiger partial charge in [-0.1, -0.05) is 30.3 Å². The maximum absolute atomic E-state index is 13.3. The van der Waals surface area contributed by atoms with Crippen LogP contribution in [0.1, 0.15) is 5.56 Å². The van der Waals surface area contributed by atoms with Gasteiger partial charge in [-0.2, -0.15) is 0 Å². The molecule has 3 aromatic heterocycles. The van der Waals surface area contributed by atoms with Crippen molar-refractivity contribution in [2.24, 2.45) is 0 Å². The Morgan fingerprint density at radius 1 is 0.765 bits per heavy atom. The van der Waals surface area contributed by atoms with Crippen LogP contribution >= 0.6 is 0 Å². The number of nitrogens with zero attached hydrogens (tertiary/aromatic N) is 3. The Balaban J connectivity index is 0.000000212. The summed E-state index contributed by atoms with van der Waals surface area (Å²) in [5.74, 6) is -1.38. The van der Waals surface area contributed by atoms with Gasteiger partial charge in [0.1, 0.15) is 0 Å². The van der Waals surface area contributed by atoms with E-state index in [0.29, 0.717) is 11.3 Å². The normalized spacial score (nSPS) is 9.97. The van der Waals surface area contributed by atoms with Gasteiger partial charge in [0.15, 0.2) is 0 Å². The van der Waals surface area contributed by atoms with Gasteiger partial charge in [0.05, 0.1) is 0 Å². The smallest absolute Gasteiger partial charge is 0.0446 e. The second kappa shape index (κ2) is 12.0. The van der Waals surface area contributed by atoms with Crippen LogP contribution in [-0.2, 0) is 20.1 Å². The zero-order chi connectivity index (χ0) is 23.0. The molecule has 171 valence electrons. The van der Waals surface area contributed by atoms with Crippen molar-refractivity contribution < 1.29 is 28.9 Å². The van der Waals surface area contributed by atoms with E-state index in [-0.39, 0.29) is 20.1 Å². The van der Waals surface area contributed by atoms with Crippen LogP contribution in [0, 0.1) is 30.7 Å². The van der Waals surface area contributed by atoms with Crippen molar-refractivity contribution in [3.05, 3.63) is 127 Å². The number of rotatable bonds is 3. The van der Waals surface area contributed by atoms with Crippen LogP contribution in [0.3, 0.4) is 0 Å². The van der Waals surface area contributed by atoms with E-state index in [1.807, 2.05) is 61.5 Å². The third kappa shape index (κ3) is 6.47. The molecule has 0 aliphatic heterocycles. The van der Waals surface area contributed by atoms with Crippen LogP contribution < -0.4 is 0 Å². The Labute approximate surface area is 210 Å². The molecule has 0 aliphatic rings. The summed E-state index contributed by atoms with van der Waals surface area (Å²) >= 11 is 0. The molecule has 2 aromatic carbocycles. The summed E-state index contributed by atoms with van der Waals surface area (Å²) in [6.07, 6.45) is 6.91. The topological polar surface area (TPSA) is 38.7 Å². The molecule has 5 aromatic rings. The summed E-state index contributed by atoms with van der Waals surface area (Å²) in [4.78, 5) is 12.6. The SMILES string of the molecule is Cc1cc(-c2[c-]c(F)cc(F)c2)ncc1-c1cccnc1.[Ir].[c-]1ccccc1-c1ccccn1. The van der Waals surface area contributed by atoms with E-state index in [1.165, 1.54) is 6.07 Å². The molecule has 0 saturated heterocycles. The summed E-state index contributed by atoms with van der Waals surface area (Å²) in [7, 11) is 0. The summed E-state index contributed by atoms with van der Waals surface area (Å²) in [6, 6.07) is 26.9. The number of pyridine rings is 3. The third-order valence-electron chi connectivity index (χ3n) is 4.81. The van der Waals surface area contributed by atoms with Gasteiger partial charge in [-0.15, -0.1) is 53.6 Å². The van der Waals surface area contributed by atoms with E-state index >= 15 is 0 Å². The van der Waals surface area contributed by atoms with Gasteiger partial charge in [0, 0.05) is 67.7 Å². The first-order valence-electron chi connectivity index (χ1n) is 10.2. The maximum Gasteiger partial charge on any atom is 0.0446 e. The molecule has 0 unspecified atom stereocenters. The fourth-order valence-corrected chi connectivity index (χ4v) is 3.24. The van der Waals surface area contributed by atoms with Crippen molar-refractivity contribution in [1.29, 1.82) is 0 Å². The largest absolute Gasteiger partial charge is 0.305 e. The first kappa shape index (κ1) is 25.0. The van der Waals surface area contributed by atoms with Gasteiger partial charge in [-0.05, 0) is 36.0 Å². The Morgan fingerprint density at radius 2 is 1.62 bits per heavy atom. The molecular weight excluding hydrogens is 609 g/mol. The van der Waals surface area contributed by atoms with E-state index in [2.05, 4.69) is 27.1 Å². The summed E-state index contributed by atoms with van der Waals surface area (Å²) < 4.78 is 26.5. The summed E-state index contributed by atoms with van der Waals surface area (Å²) in [5.41, 5.74) is 5.63. The van der Waals surface area contributed by atoms with Crippen molar-refractivity contribution >= 4 is 0 Å². The van der Waals surface area contributed by atoms with Gasteiger partial charge in [0.2, 0.25) is 0 Å². The molecule has 3 heterocycles. The van der Waals surface area contributed by atoms with Crippen molar-refractivity contribution in [3.8, 4) is 33.6 Å². The molecule has 1 radical (unpaired) electrons. The average Bonchev–Trinajstić information content (AvgIpc) is 2.85. The number of aromatic nitrogens is 3. The molecule has 6 heteroatoms. The van der Waals surface area contributed by atoms with E-state index in [9.17, 15) is 8.78 Å². The molecule has 0 atom stereocenters. The molecule has 0 spiro atoms. The van der Waals surface area contributed by atoms with Crippen molar-refractivity contribution in [2.75, 3.05) is 0 Å². The minimum Gasteiger partial charge on any atom is -0.305 e. The van der Waals surface area contributed by atoms with Crippen LogP contribution in [0.4, 0.5) is 8.78 Å². The summed E-state index contributed by atoms with van der Waals surface area (Å²) in [5, 5.41) is 0. The molecule has 0 saturated carbocycles. The number of benzene rings is 2. The van der Waals surface area contributed by atoms with E-state index in [4.69, 9.17) is 0 Å². The quantitative estimate of drug-likeness (QED) is 0.208. The molecule has 5 rings (SSSR count). The molecule has 34 heavy (non-hydrogen) atoms. The third-order valence-corrected chi connectivity index (χ3v) is 4.81. The molecule has 0 aliphatic carbocycles. The monoisotopic (exact) mass is 628 g/mol.